The molecule has 0 aliphatic carbocycles. The second kappa shape index (κ2) is 2.69. The lowest BCUT2D eigenvalue weighted by Gasteiger charge is -2.05. The van der Waals surface area contributed by atoms with Crippen LogP contribution in [0.1, 0.15) is 5.56 Å². The number of anilines is 1. The molecule has 0 atom stereocenters. The van der Waals surface area contributed by atoms with Gasteiger partial charge >= 0.3 is 0 Å². The third kappa shape index (κ3) is 1.04. The molecule has 0 radical (unpaired) electrons. The molecule has 13 heavy (non-hydrogen) atoms. The molecule has 0 saturated carbocycles. The Hall–Kier alpha value is -1.64. The average Bonchev–Trinajstić information content (AvgIpc) is 2.49. The van der Waals surface area contributed by atoms with Crippen LogP contribution in [0.3, 0.4) is 0 Å². The molecule has 3 N–H and O–H groups in total. The number of nitrogen functional groups attached to an aromatic ring is 1. The predicted octanol–water partition coefficient (Wildman–Crippen LogP) is 2.07. The molecule has 1 heterocycles. The first-order valence-corrected chi connectivity index (χ1v) is 4.14. The van der Waals surface area contributed by atoms with Gasteiger partial charge in [0.1, 0.15) is 5.75 Å². The molecular weight excluding hydrogens is 164 g/mol. The summed E-state index contributed by atoms with van der Waals surface area (Å²) in [5, 5.41) is 1.05. The molecule has 0 saturated heterocycles. The highest BCUT2D eigenvalue weighted by atomic mass is 16.5. The molecule has 3 heteroatoms. The van der Waals surface area contributed by atoms with E-state index in [0.717, 1.165) is 22.2 Å². The smallest absolute Gasteiger partial charge is 0.142 e. The summed E-state index contributed by atoms with van der Waals surface area (Å²) in [4.78, 5) is 3.14. The van der Waals surface area contributed by atoms with Crippen molar-refractivity contribution in [3.05, 3.63) is 23.9 Å². The minimum atomic E-state index is 0.707. The van der Waals surface area contributed by atoms with Crippen molar-refractivity contribution < 1.29 is 4.74 Å². The van der Waals surface area contributed by atoms with Crippen molar-refractivity contribution in [3.8, 4) is 5.75 Å². The van der Waals surface area contributed by atoms with Crippen LogP contribution in [0.25, 0.3) is 10.9 Å². The highest BCUT2D eigenvalue weighted by Crippen LogP contribution is 2.31. The third-order valence-corrected chi connectivity index (χ3v) is 2.26. The summed E-state index contributed by atoms with van der Waals surface area (Å²) in [6, 6.07) is 3.84. The van der Waals surface area contributed by atoms with Crippen molar-refractivity contribution in [2.75, 3.05) is 12.8 Å². The van der Waals surface area contributed by atoms with Gasteiger partial charge in [0, 0.05) is 17.1 Å². The Labute approximate surface area is 76.5 Å². The Morgan fingerprint density at radius 1 is 1.38 bits per heavy atom. The molecule has 68 valence electrons. The maximum Gasteiger partial charge on any atom is 0.142 e. The molecule has 1 aromatic carbocycles. The van der Waals surface area contributed by atoms with Crippen molar-refractivity contribution in [2.45, 2.75) is 6.92 Å². The molecule has 0 aliphatic rings. The number of aromatic amines is 1. The number of ether oxygens (including phenoxy) is 1. The molecule has 1 aromatic heterocycles. The van der Waals surface area contributed by atoms with Crippen LogP contribution < -0.4 is 10.5 Å². The fraction of sp³-hybridized carbons (Fsp3) is 0.200. The minimum Gasteiger partial charge on any atom is -0.495 e. The second-order valence-corrected chi connectivity index (χ2v) is 3.08. The third-order valence-electron chi connectivity index (χ3n) is 2.26. The molecule has 0 amide bonds. The van der Waals surface area contributed by atoms with E-state index < -0.39 is 0 Å². The quantitative estimate of drug-likeness (QED) is 0.653. The Bertz CT molecular complexity index is 445. The van der Waals surface area contributed by atoms with Crippen LogP contribution in [0.2, 0.25) is 0 Å². The number of benzene rings is 1. The summed E-state index contributed by atoms with van der Waals surface area (Å²) in [6.45, 7) is 2.02. The van der Waals surface area contributed by atoms with Crippen molar-refractivity contribution >= 4 is 16.6 Å². The Balaban J connectivity index is 2.83. The maximum atomic E-state index is 5.93. The van der Waals surface area contributed by atoms with Gasteiger partial charge in [-0.1, -0.05) is 0 Å². The van der Waals surface area contributed by atoms with Crippen molar-refractivity contribution in [1.29, 1.82) is 0 Å². The summed E-state index contributed by atoms with van der Waals surface area (Å²) in [7, 11) is 1.62. The van der Waals surface area contributed by atoms with Gasteiger partial charge in [-0.15, -0.1) is 0 Å². The fourth-order valence-electron chi connectivity index (χ4n) is 1.58. The van der Waals surface area contributed by atoms with E-state index in [9.17, 15) is 0 Å². The number of fused-ring (bicyclic) bond motifs is 1. The van der Waals surface area contributed by atoms with Gasteiger partial charge in [0.05, 0.1) is 12.8 Å². The number of hydrogen-bond acceptors (Lipinski definition) is 2. The summed E-state index contributed by atoms with van der Waals surface area (Å²) in [6.07, 6.45) is 1.94. The van der Waals surface area contributed by atoms with Gasteiger partial charge in [0.15, 0.2) is 0 Å². The average molecular weight is 176 g/mol. The van der Waals surface area contributed by atoms with Crippen molar-refractivity contribution in [3.63, 3.8) is 0 Å². The highest BCUT2D eigenvalue weighted by Gasteiger charge is 2.07. The minimum absolute atomic E-state index is 0.707. The molecule has 0 spiro atoms. The second-order valence-electron chi connectivity index (χ2n) is 3.08. The Kier molecular flexibility index (Phi) is 1.65. The largest absolute Gasteiger partial charge is 0.495 e. The molecule has 3 nitrogen and oxygen atoms in total. The number of methoxy groups -OCH3 is 1. The van der Waals surface area contributed by atoms with E-state index in [1.807, 2.05) is 25.3 Å². The zero-order chi connectivity index (χ0) is 9.42. The van der Waals surface area contributed by atoms with Gasteiger partial charge in [0.2, 0.25) is 0 Å². The summed E-state index contributed by atoms with van der Waals surface area (Å²) < 4.78 is 5.14. The van der Waals surface area contributed by atoms with E-state index in [1.54, 1.807) is 7.11 Å². The normalized spacial score (nSPS) is 10.6. The lowest BCUT2D eigenvalue weighted by Crippen LogP contribution is -1.92. The SMILES string of the molecule is COc1ccc2[nH]cc(C)c2c1N. The van der Waals surface area contributed by atoms with Gasteiger partial charge in [-0.3, -0.25) is 0 Å². The van der Waals surface area contributed by atoms with Gasteiger partial charge < -0.3 is 15.5 Å². The lowest BCUT2D eigenvalue weighted by molar-refractivity contribution is 0.417. The van der Waals surface area contributed by atoms with Crippen LogP contribution >= 0.6 is 0 Å². The van der Waals surface area contributed by atoms with E-state index in [2.05, 4.69) is 4.98 Å². The zero-order valence-electron chi connectivity index (χ0n) is 7.72. The topological polar surface area (TPSA) is 51.0 Å². The molecule has 0 fully saturated rings. The van der Waals surface area contributed by atoms with Crippen LogP contribution in [0.4, 0.5) is 5.69 Å². The summed E-state index contributed by atoms with van der Waals surface area (Å²) in [5.74, 6) is 0.732. The van der Waals surface area contributed by atoms with Crippen molar-refractivity contribution in [1.82, 2.24) is 4.98 Å². The van der Waals surface area contributed by atoms with Crippen LogP contribution in [-0.2, 0) is 0 Å². The van der Waals surface area contributed by atoms with Crippen LogP contribution in [0.15, 0.2) is 18.3 Å². The predicted molar refractivity (Wildman–Crippen MR) is 54.0 cm³/mol. The maximum absolute atomic E-state index is 5.93. The monoisotopic (exact) mass is 176 g/mol. The molecule has 0 unspecified atom stereocenters. The number of aromatic nitrogens is 1. The van der Waals surface area contributed by atoms with Gasteiger partial charge in [-0.05, 0) is 24.6 Å². The molecule has 2 rings (SSSR count). The molecular formula is C10H12N2O. The zero-order valence-corrected chi connectivity index (χ0v) is 7.72. The number of aryl methyl sites for hydroxylation is 1. The molecule has 0 aliphatic heterocycles. The number of H-pyrrole nitrogens is 1. The lowest BCUT2D eigenvalue weighted by atomic mass is 10.1. The van der Waals surface area contributed by atoms with Crippen LogP contribution in [0, 0.1) is 6.92 Å². The number of hydrogen-bond donors (Lipinski definition) is 2. The van der Waals surface area contributed by atoms with Gasteiger partial charge in [-0.25, -0.2) is 0 Å². The first kappa shape index (κ1) is 7.98. The molecule has 2 aromatic rings. The van der Waals surface area contributed by atoms with E-state index >= 15 is 0 Å². The Morgan fingerprint density at radius 2 is 2.15 bits per heavy atom. The standard InChI is InChI=1S/C10H12N2O/c1-6-5-12-7-3-4-8(13-2)10(11)9(6)7/h3-5,12H,11H2,1-2H3. The van der Waals surface area contributed by atoms with E-state index in [1.165, 1.54) is 0 Å². The number of rotatable bonds is 1. The molecule has 0 bridgehead atoms. The van der Waals surface area contributed by atoms with Gasteiger partial charge in [0.25, 0.3) is 0 Å². The van der Waals surface area contributed by atoms with E-state index in [0.29, 0.717) is 5.69 Å². The van der Waals surface area contributed by atoms with E-state index in [-0.39, 0.29) is 0 Å². The van der Waals surface area contributed by atoms with Crippen molar-refractivity contribution in [2.24, 2.45) is 0 Å². The van der Waals surface area contributed by atoms with Crippen LogP contribution in [0.5, 0.6) is 5.75 Å². The van der Waals surface area contributed by atoms with Gasteiger partial charge in [-0.2, -0.15) is 0 Å². The highest BCUT2D eigenvalue weighted by molar-refractivity contribution is 5.96. The Morgan fingerprint density at radius 3 is 2.85 bits per heavy atom. The fourth-order valence-corrected chi connectivity index (χ4v) is 1.58. The van der Waals surface area contributed by atoms with E-state index in [4.69, 9.17) is 10.5 Å². The summed E-state index contributed by atoms with van der Waals surface area (Å²) in [5.41, 5.74) is 8.83. The number of nitrogens with one attached hydrogen (secondary N) is 1. The number of nitrogens with two attached hydrogens (primary N) is 1. The first-order chi connectivity index (χ1) is 6.24. The summed E-state index contributed by atoms with van der Waals surface area (Å²) >= 11 is 0. The van der Waals surface area contributed by atoms with Crippen LogP contribution in [-0.4, -0.2) is 12.1 Å². The first-order valence-electron chi connectivity index (χ1n) is 4.14.